The quantitative estimate of drug-likeness (QED) is 0.736. The van der Waals surface area contributed by atoms with Gasteiger partial charge in [0.25, 0.3) is 7.51 Å². The second-order valence-electron chi connectivity index (χ2n) is 4.75. The van der Waals surface area contributed by atoms with Crippen LogP contribution in [0.4, 0.5) is 0 Å². The number of hydrogen-bond acceptors (Lipinski definition) is 4. The molecule has 1 fully saturated rings. The monoisotopic (exact) mass is 264 g/mol. The highest BCUT2D eigenvalue weighted by atomic mass is 31.2. The summed E-state index contributed by atoms with van der Waals surface area (Å²) in [6, 6.07) is 10.3. The van der Waals surface area contributed by atoms with E-state index in [0.717, 1.165) is 24.5 Å². The second-order valence-corrected chi connectivity index (χ2v) is 8.05. The number of likely N-dealkylation sites (N-methyl/N-ethyl adjacent to an activating group) is 2. The average Bonchev–Trinajstić information content (AvgIpc) is 2.88. The lowest BCUT2D eigenvalue weighted by atomic mass is 10.2. The Morgan fingerprint density at radius 3 is 2.28 bits per heavy atom. The number of benzene rings is 1. The Morgan fingerprint density at radius 2 is 1.67 bits per heavy atom. The molecule has 0 saturated carbocycles. The molecule has 1 aromatic rings. The smallest absolute Gasteiger partial charge is 0.224 e. The predicted octanol–water partition coefficient (Wildman–Crippen LogP) is 0.198. The van der Waals surface area contributed by atoms with Crippen molar-refractivity contribution < 1.29 is 4.74 Å². The molecule has 0 amide bonds. The molecule has 1 saturated heterocycles. The first kappa shape index (κ1) is 11.9. The van der Waals surface area contributed by atoms with Gasteiger partial charge in [0.05, 0.1) is 17.7 Å². The van der Waals surface area contributed by atoms with Gasteiger partial charge in [0.1, 0.15) is 0 Å². The van der Waals surface area contributed by atoms with E-state index in [1.54, 1.807) is 0 Å². The van der Waals surface area contributed by atoms with E-state index in [9.17, 15) is 0 Å². The summed E-state index contributed by atoms with van der Waals surface area (Å²) in [7, 11) is 4.76. The lowest BCUT2D eigenvalue weighted by Gasteiger charge is -2.27. The number of nitrogens with one attached hydrogen (secondary N) is 1. The van der Waals surface area contributed by atoms with Crippen LogP contribution in [0.25, 0.3) is 0 Å². The molecule has 1 spiro atoms. The summed E-state index contributed by atoms with van der Waals surface area (Å²) in [5, 5.41) is 4.70. The molecule has 96 valence electrons. The van der Waals surface area contributed by atoms with Crippen molar-refractivity contribution in [2.24, 2.45) is 5.10 Å². The molecule has 2 aliphatic heterocycles. The normalized spacial score (nSPS) is 23.5. The van der Waals surface area contributed by atoms with Crippen LogP contribution in [0.15, 0.2) is 35.4 Å². The zero-order chi connectivity index (χ0) is 12.8. The predicted molar refractivity (Wildman–Crippen MR) is 73.9 cm³/mol. The van der Waals surface area contributed by atoms with Gasteiger partial charge in [0.2, 0.25) is 0 Å². The van der Waals surface area contributed by atoms with Crippen LogP contribution in [-0.4, -0.2) is 54.2 Å². The van der Waals surface area contributed by atoms with E-state index in [1.807, 2.05) is 18.2 Å². The van der Waals surface area contributed by atoms with E-state index < -0.39 is 7.51 Å². The number of nitrogens with zero attached hydrogens (tertiary/aromatic N) is 4. The van der Waals surface area contributed by atoms with E-state index in [0.29, 0.717) is 0 Å². The molecule has 18 heavy (non-hydrogen) atoms. The summed E-state index contributed by atoms with van der Waals surface area (Å²) in [5.74, 6) is 0.979. The molecule has 6 heteroatoms. The van der Waals surface area contributed by atoms with Crippen molar-refractivity contribution in [3.63, 3.8) is 0 Å². The Balaban J connectivity index is 2.06. The molecule has 5 nitrogen and oxygen atoms in total. The third kappa shape index (κ3) is 1.55. The van der Waals surface area contributed by atoms with E-state index >= 15 is 0 Å². The van der Waals surface area contributed by atoms with Gasteiger partial charge in [-0.1, -0.05) is 18.2 Å². The van der Waals surface area contributed by atoms with Crippen LogP contribution in [0.5, 0.6) is 0 Å². The lowest BCUT2D eigenvalue weighted by molar-refractivity contribution is -0.295. The van der Waals surface area contributed by atoms with Crippen molar-refractivity contribution in [1.82, 2.24) is 14.1 Å². The van der Waals surface area contributed by atoms with Gasteiger partial charge in [0.15, 0.2) is 0 Å². The van der Waals surface area contributed by atoms with Gasteiger partial charge in [-0.3, -0.25) is 0 Å². The number of rotatable bonds is 1. The van der Waals surface area contributed by atoms with Gasteiger partial charge in [-0.15, -0.1) is 4.78 Å². The fraction of sp³-hybridized carbons (Fsp3) is 0.417. The molecular weight excluding hydrogens is 245 g/mol. The maximum absolute atomic E-state index is 4.70. The van der Waals surface area contributed by atoms with Gasteiger partial charge in [0, 0.05) is 13.1 Å². The molecule has 0 bridgehead atoms. The Morgan fingerprint density at radius 1 is 1.06 bits per heavy atom. The molecule has 0 unspecified atom stereocenters. The first-order chi connectivity index (χ1) is 8.64. The molecule has 1 aromatic carbocycles. The van der Waals surface area contributed by atoms with Crippen LogP contribution >= 0.6 is 7.51 Å². The highest BCUT2D eigenvalue weighted by molar-refractivity contribution is 7.56. The van der Waals surface area contributed by atoms with Crippen LogP contribution in [0.1, 0.15) is 5.56 Å². The number of hydrogen-bond donors (Lipinski definition) is 1. The molecule has 0 aromatic heterocycles. The molecule has 3 rings (SSSR count). The minimum absolute atomic E-state index is 0.979. The Hall–Kier alpha value is -1.16. The first-order valence-corrected chi connectivity index (χ1v) is 7.78. The van der Waals surface area contributed by atoms with Crippen molar-refractivity contribution >= 4 is 13.3 Å². The Bertz CT molecular complexity index is 525. The number of hydrazone groups is 1. The van der Waals surface area contributed by atoms with E-state index in [1.165, 1.54) is 0 Å². The second kappa shape index (κ2) is 4.19. The summed E-state index contributed by atoms with van der Waals surface area (Å²) >= 11 is 0. The molecular formula is C12H19N5P+. The van der Waals surface area contributed by atoms with Crippen molar-refractivity contribution in [2.45, 2.75) is 0 Å². The van der Waals surface area contributed by atoms with Gasteiger partial charge in [-0.2, -0.15) is 0 Å². The van der Waals surface area contributed by atoms with Crippen molar-refractivity contribution in [1.29, 1.82) is 0 Å². The lowest BCUT2D eigenvalue weighted by Crippen LogP contribution is -2.72. The SMILES string of the molecule is CN1CCN(C)P12=[NH+]C(c1ccccc1)=NN2C. The molecule has 0 radical (unpaired) electrons. The Kier molecular flexibility index (Phi) is 2.77. The fourth-order valence-corrected chi connectivity index (χ4v) is 5.90. The molecule has 1 N–H and O–H groups in total. The summed E-state index contributed by atoms with van der Waals surface area (Å²) in [4.78, 5) is 0. The first-order valence-electron chi connectivity index (χ1n) is 6.13. The van der Waals surface area contributed by atoms with Crippen molar-refractivity contribution in [3.05, 3.63) is 35.9 Å². The van der Waals surface area contributed by atoms with Crippen molar-refractivity contribution in [2.75, 3.05) is 34.2 Å². The topological polar surface area (TPSA) is 36.1 Å². The molecule has 2 heterocycles. The third-order valence-corrected chi connectivity index (χ3v) is 7.36. The van der Waals surface area contributed by atoms with E-state index in [4.69, 9.17) is 5.10 Å². The van der Waals surface area contributed by atoms with E-state index in [-0.39, 0.29) is 0 Å². The summed E-state index contributed by atoms with van der Waals surface area (Å²) < 4.78 is 10.6. The standard InChI is InChI=1S/C12H18N5P/c1-15-9-10-16(2)18(15)14-12(13-17(18)3)11-7-5-4-6-8-11/h4-8H,9-10H2,1-3H3/p+1. The van der Waals surface area contributed by atoms with Crippen LogP contribution in [0.3, 0.4) is 0 Å². The van der Waals surface area contributed by atoms with Gasteiger partial charge in [-0.05, 0) is 26.2 Å². The van der Waals surface area contributed by atoms with E-state index in [2.05, 4.69) is 52.1 Å². The third-order valence-electron chi connectivity index (χ3n) is 3.65. The zero-order valence-corrected chi connectivity index (χ0v) is 11.9. The van der Waals surface area contributed by atoms with Crippen molar-refractivity contribution in [3.8, 4) is 0 Å². The molecule has 2 aliphatic rings. The highest BCUT2D eigenvalue weighted by Gasteiger charge is 2.49. The van der Waals surface area contributed by atoms with Crippen LogP contribution in [0.2, 0.25) is 0 Å². The van der Waals surface area contributed by atoms with Crippen LogP contribution in [0, 0.1) is 0 Å². The molecule has 0 aliphatic carbocycles. The van der Waals surface area contributed by atoms with Gasteiger partial charge in [-0.25, -0.2) is 14.1 Å². The van der Waals surface area contributed by atoms with Gasteiger partial charge >= 0.3 is 5.84 Å². The minimum Gasteiger partial charge on any atom is -0.224 e. The maximum Gasteiger partial charge on any atom is 0.354 e. The summed E-state index contributed by atoms with van der Waals surface area (Å²) in [5.41, 5.74) is 1.15. The highest BCUT2D eigenvalue weighted by Crippen LogP contribution is 2.55. The fourth-order valence-electron chi connectivity index (χ4n) is 2.60. The minimum atomic E-state index is -1.65. The largest absolute Gasteiger partial charge is 0.354 e. The van der Waals surface area contributed by atoms with Gasteiger partial charge < -0.3 is 0 Å². The van der Waals surface area contributed by atoms with Crippen LogP contribution < -0.4 is 4.74 Å². The maximum atomic E-state index is 4.70. The zero-order valence-electron chi connectivity index (χ0n) is 11.0. The summed E-state index contributed by atoms with van der Waals surface area (Å²) in [6.07, 6.45) is 0. The Labute approximate surface area is 108 Å². The molecule has 0 atom stereocenters. The number of amidine groups is 1. The summed E-state index contributed by atoms with van der Waals surface area (Å²) in [6.45, 7) is 2.17. The average molecular weight is 264 g/mol. The van der Waals surface area contributed by atoms with Crippen LogP contribution in [-0.2, 0) is 0 Å².